The molecule has 2 aromatic carbocycles. The molecule has 0 saturated heterocycles. The van der Waals surface area contributed by atoms with Gasteiger partial charge in [-0.1, -0.05) is 48.9 Å². The van der Waals surface area contributed by atoms with E-state index in [1.807, 2.05) is 55.1 Å². The van der Waals surface area contributed by atoms with Gasteiger partial charge >= 0.3 is 0 Å². The van der Waals surface area contributed by atoms with Crippen LogP contribution in [0.1, 0.15) is 24.5 Å². The zero-order chi connectivity index (χ0) is 19.6. The number of anilines is 1. The third-order valence-electron chi connectivity index (χ3n) is 4.10. The highest BCUT2D eigenvalue weighted by Gasteiger charge is 2.14. The van der Waals surface area contributed by atoms with Crippen LogP contribution in [0.15, 0.2) is 48.5 Å². The Hall–Kier alpha value is -2.37. The van der Waals surface area contributed by atoms with Crippen molar-refractivity contribution in [2.45, 2.75) is 26.8 Å². The third-order valence-corrected chi connectivity index (χ3v) is 4.35. The lowest BCUT2D eigenvalue weighted by Gasteiger charge is -2.21. The molecule has 0 radical (unpaired) electrons. The first-order valence-corrected chi connectivity index (χ1v) is 9.44. The molecular formula is C21H26ClN3O2. The number of nitrogens with zero attached hydrogens (tertiary/aromatic N) is 1. The van der Waals surface area contributed by atoms with Crippen molar-refractivity contribution in [2.75, 3.05) is 25.0 Å². The first-order valence-electron chi connectivity index (χ1n) is 9.07. The summed E-state index contributed by atoms with van der Waals surface area (Å²) in [5.74, 6) is -0.231. The van der Waals surface area contributed by atoms with Crippen molar-refractivity contribution >= 4 is 29.1 Å². The van der Waals surface area contributed by atoms with Crippen LogP contribution in [-0.4, -0.2) is 36.3 Å². The van der Waals surface area contributed by atoms with Gasteiger partial charge in [0.25, 0.3) is 0 Å². The molecule has 0 aliphatic carbocycles. The van der Waals surface area contributed by atoms with Crippen molar-refractivity contribution in [3.05, 3.63) is 64.7 Å². The fourth-order valence-electron chi connectivity index (χ4n) is 2.70. The topological polar surface area (TPSA) is 61.4 Å². The number of amides is 2. The maximum absolute atomic E-state index is 12.3. The highest BCUT2D eigenvalue weighted by molar-refractivity contribution is 6.30. The van der Waals surface area contributed by atoms with Crippen LogP contribution in [0.25, 0.3) is 0 Å². The smallest absolute Gasteiger partial charge is 0.238 e. The summed E-state index contributed by atoms with van der Waals surface area (Å²) in [5, 5.41) is 6.46. The molecule has 0 fully saturated rings. The summed E-state index contributed by atoms with van der Waals surface area (Å²) in [5.41, 5.74) is 2.78. The molecule has 0 aliphatic rings. The van der Waals surface area contributed by atoms with Crippen LogP contribution in [0.5, 0.6) is 0 Å². The molecule has 0 aliphatic heterocycles. The number of nitrogens with one attached hydrogen (secondary N) is 2. The van der Waals surface area contributed by atoms with E-state index in [9.17, 15) is 9.59 Å². The molecule has 5 nitrogen and oxygen atoms in total. The number of hydrogen-bond donors (Lipinski definition) is 2. The summed E-state index contributed by atoms with van der Waals surface area (Å²) in [6.07, 6.45) is 0.863. The molecule has 0 unspecified atom stereocenters. The number of para-hydroxylation sites is 1. The second-order valence-electron chi connectivity index (χ2n) is 6.48. The van der Waals surface area contributed by atoms with Crippen molar-refractivity contribution in [1.82, 2.24) is 10.2 Å². The van der Waals surface area contributed by atoms with Gasteiger partial charge in [-0.05, 0) is 49.2 Å². The van der Waals surface area contributed by atoms with Crippen molar-refractivity contribution in [3.63, 3.8) is 0 Å². The predicted molar refractivity (Wildman–Crippen MR) is 110 cm³/mol. The molecule has 2 aromatic rings. The Morgan fingerprint density at radius 2 is 1.67 bits per heavy atom. The molecular weight excluding hydrogens is 362 g/mol. The van der Waals surface area contributed by atoms with Crippen molar-refractivity contribution in [2.24, 2.45) is 0 Å². The first-order chi connectivity index (χ1) is 13.0. The Kier molecular flexibility index (Phi) is 8.30. The minimum Gasteiger partial charge on any atom is -0.351 e. The van der Waals surface area contributed by atoms with E-state index in [4.69, 9.17) is 11.6 Å². The maximum Gasteiger partial charge on any atom is 0.238 e. The van der Waals surface area contributed by atoms with Crippen molar-refractivity contribution in [3.8, 4) is 0 Å². The van der Waals surface area contributed by atoms with Crippen LogP contribution in [0.3, 0.4) is 0 Å². The number of hydrogen-bond acceptors (Lipinski definition) is 3. The summed E-state index contributed by atoms with van der Waals surface area (Å²) in [6, 6.07) is 15.0. The number of rotatable bonds is 9. The summed E-state index contributed by atoms with van der Waals surface area (Å²) >= 11 is 5.86. The Morgan fingerprint density at radius 3 is 2.33 bits per heavy atom. The quantitative estimate of drug-likeness (QED) is 0.690. The molecule has 0 atom stereocenters. The first kappa shape index (κ1) is 20.9. The predicted octanol–water partition coefficient (Wildman–Crippen LogP) is 3.62. The van der Waals surface area contributed by atoms with Gasteiger partial charge in [0, 0.05) is 17.3 Å². The molecule has 0 spiro atoms. The maximum atomic E-state index is 12.3. The average Bonchev–Trinajstić information content (AvgIpc) is 2.63. The molecule has 2 amide bonds. The van der Waals surface area contributed by atoms with Crippen LogP contribution in [0, 0.1) is 6.92 Å². The average molecular weight is 388 g/mol. The molecule has 0 aromatic heterocycles. The Balaban J connectivity index is 1.84. The van der Waals surface area contributed by atoms with E-state index < -0.39 is 0 Å². The lowest BCUT2D eigenvalue weighted by Crippen LogP contribution is -2.41. The van der Waals surface area contributed by atoms with Crippen LogP contribution < -0.4 is 10.6 Å². The van der Waals surface area contributed by atoms with Gasteiger partial charge in [0.2, 0.25) is 11.8 Å². The van der Waals surface area contributed by atoms with E-state index in [-0.39, 0.29) is 24.9 Å². The van der Waals surface area contributed by atoms with E-state index >= 15 is 0 Å². The highest BCUT2D eigenvalue weighted by atomic mass is 35.5. The Labute approximate surface area is 165 Å². The number of benzene rings is 2. The second-order valence-corrected chi connectivity index (χ2v) is 6.91. The van der Waals surface area contributed by atoms with Crippen LogP contribution in [-0.2, 0) is 16.1 Å². The van der Waals surface area contributed by atoms with Gasteiger partial charge in [-0.25, -0.2) is 0 Å². The SMILES string of the molecule is CCCN(CC(=O)NCc1ccc(Cl)cc1)CC(=O)Nc1ccccc1C. The van der Waals surface area contributed by atoms with Gasteiger partial charge in [-0.3, -0.25) is 14.5 Å². The van der Waals surface area contributed by atoms with E-state index in [2.05, 4.69) is 10.6 Å². The van der Waals surface area contributed by atoms with Crippen molar-refractivity contribution < 1.29 is 9.59 Å². The molecule has 0 saturated carbocycles. The minimum absolute atomic E-state index is 0.109. The molecule has 0 heterocycles. The van der Waals surface area contributed by atoms with E-state index in [1.165, 1.54) is 0 Å². The fourth-order valence-corrected chi connectivity index (χ4v) is 2.82. The van der Waals surface area contributed by atoms with Gasteiger partial charge in [-0.2, -0.15) is 0 Å². The molecule has 6 heteroatoms. The van der Waals surface area contributed by atoms with Gasteiger partial charge < -0.3 is 10.6 Å². The molecule has 144 valence electrons. The normalized spacial score (nSPS) is 10.7. The van der Waals surface area contributed by atoms with E-state index in [0.717, 1.165) is 23.2 Å². The highest BCUT2D eigenvalue weighted by Crippen LogP contribution is 2.13. The van der Waals surface area contributed by atoms with E-state index in [0.29, 0.717) is 18.1 Å². The summed E-state index contributed by atoms with van der Waals surface area (Å²) in [4.78, 5) is 26.4. The van der Waals surface area contributed by atoms with E-state index in [1.54, 1.807) is 12.1 Å². The molecule has 2 rings (SSSR count). The standard InChI is InChI=1S/C21H26ClN3O2/c1-3-12-25(15-21(27)24-19-7-5-4-6-16(19)2)14-20(26)23-13-17-8-10-18(22)11-9-17/h4-11H,3,12-15H2,1-2H3,(H,23,26)(H,24,27). The van der Waals surface area contributed by atoms with Gasteiger partial charge in [0.15, 0.2) is 0 Å². The summed E-state index contributed by atoms with van der Waals surface area (Å²) < 4.78 is 0. The van der Waals surface area contributed by atoms with Gasteiger partial charge in [0.1, 0.15) is 0 Å². The number of aryl methyl sites for hydroxylation is 1. The van der Waals surface area contributed by atoms with Crippen LogP contribution in [0.4, 0.5) is 5.69 Å². The summed E-state index contributed by atoms with van der Waals surface area (Å²) in [7, 11) is 0. The van der Waals surface area contributed by atoms with Crippen molar-refractivity contribution in [1.29, 1.82) is 0 Å². The van der Waals surface area contributed by atoms with Gasteiger partial charge in [-0.15, -0.1) is 0 Å². The largest absolute Gasteiger partial charge is 0.351 e. The fraction of sp³-hybridized carbons (Fsp3) is 0.333. The zero-order valence-corrected chi connectivity index (χ0v) is 16.6. The number of carbonyl (C=O) groups is 2. The Morgan fingerprint density at radius 1 is 1.00 bits per heavy atom. The Bertz CT molecular complexity index is 762. The number of halogens is 1. The lowest BCUT2D eigenvalue weighted by molar-refractivity contribution is -0.123. The monoisotopic (exact) mass is 387 g/mol. The van der Waals surface area contributed by atoms with Gasteiger partial charge in [0.05, 0.1) is 13.1 Å². The molecule has 27 heavy (non-hydrogen) atoms. The van der Waals surface area contributed by atoms with Crippen LogP contribution in [0.2, 0.25) is 5.02 Å². The molecule has 0 bridgehead atoms. The summed E-state index contributed by atoms with van der Waals surface area (Å²) in [6.45, 7) is 5.45. The molecule has 2 N–H and O–H groups in total. The zero-order valence-electron chi connectivity index (χ0n) is 15.8. The minimum atomic E-state index is -0.122. The lowest BCUT2D eigenvalue weighted by atomic mass is 10.2. The third kappa shape index (κ3) is 7.41. The number of carbonyl (C=O) groups excluding carboxylic acids is 2. The second kappa shape index (κ2) is 10.7. The van der Waals surface area contributed by atoms with Crippen LogP contribution >= 0.6 is 11.6 Å².